The van der Waals surface area contributed by atoms with Crippen LogP contribution in [0.5, 0.6) is 0 Å². The molecular formula is C25H20FN3O4. The van der Waals surface area contributed by atoms with Crippen molar-refractivity contribution in [3.63, 3.8) is 0 Å². The number of likely N-dealkylation sites (N-methyl/N-ethyl adjacent to an activating group) is 1. The highest BCUT2D eigenvalue weighted by Crippen LogP contribution is 2.55. The van der Waals surface area contributed by atoms with Gasteiger partial charge < -0.3 is 5.32 Å². The van der Waals surface area contributed by atoms with Crippen molar-refractivity contribution < 1.29 is 18.9 Å². The lowest BCUT2D eigenvalue weighted by Crippen LogP contribution is -2.51. The van der Waals surface area contributed by atoms with Gasteiger partial charge in [-0.25, -0.2) is 4.39 Å². The topological polar surface area (TPSA) is 92.5 Å². The van der Waals surface area contributed by atoms with Crippen molar-refractivity contribution in [1.82, 2.24) is 4.90 Å². The van der Waals surface area contributed by atoms with Gasteiger partial charge in [0, 0.05) is 41.4 Å². The Morgan fingerprint density at radius 3 is 2.42 bits per heavy atom. The molecule has 2 aliphatic rings. The van der Waals surface area contributed by atoms with Gasteiger partial charge in [-0.3, -0.25) is 24.6 Å². The van der Waals surface area contributed by atoms with Crippen LogP contribution in [0.3, 0.4) is 0 Å². The van der Waals surface area contributed by atoms with E-state index < -0.39 is 28.1 Å². The number of nitrogens with one attached hydrogen (secondary N) is 1. The molecule has 3 atom stereocenters. The minimum Gasteiger partial charge on any atom is -0.324 e. The van der Waals surface area contributed by atoms with Crippen LogP contribution in [-0.4, -0.2) is 35.1 Å². The van der Waals surface area contributed by atoms with E-state index in [9.17, 15) is 24.1 Å². The maximum atomic E-state index is 13.9. The molecule has 166 valence electrons. The van der Waals surface area contributed by atoms with Gasteiger partial charge in [0.2, 0.25) is 5.91 Å². The van der Waals surface area contributed by atoms with E-state index in [1.165, 1.54) is 36.4 Å². The number of benzene rings is 3. The van der Waals surface area contributed by atoms with Crippen LogP contribution in [-0.2, 0) is 10.3 Å². The van der Waals surface area contributed by atoms with Crippen molar-refractivity contribution in [1.29, 1.82) is 0 Å². The number of nitro benzene ring substituents is 1. The first-order valence-corrected chi connectivity index (χ1v) is 10.5. The Kier molecular flexibility index (Phi) is 4.83. The highest BCUT2D eigenvalue weighted by Gasteiger charge is 2.64. The molecular weight excluding hydrogens is 425 g/mol. The van der Waals surface area contributed by atoms with E-state index in [2.05, 4.69) is 5.32 Å². The molecule has 1 fully saturated rings. The number of para-hydroxylation sites is 1. The van der Waals surface area contributed by atoms with E-state index in [1.54, 1.807) is 25.2 Å². The second kappa shape index (κ2) is 7.60. The molecule has 0 aliphatic carbocycles. The molecule has 3 aromatic rings. The molecule has 5 rings (SSSR count). The van der Waals surface area contributed by atoms with E-state index in [4.69, 9.17) is 0 Å². The third-order valence-corrected chi connectivity index (χ3v) is 6.80. The van der Waals surface area contributed by atoms with Crippen molar-refractivity contribution in [2.75, 3.05) is 18.9 Å². The van der Waals surface area contributed by atoms with E-state index in [1.807, 2.05) is 23.1 Å². The van der Waals surface area contributed by atoms with Gasteiger partial charge in [0.05, 0.1) is 10.8 Å². The Morgan fingerprint density at radius 1 is 1.09 bits per heavy atom. The lowest BCUT2D eigenvalue weighted by molar-refractivity contribution is -0.384. The van der Waals surface area contributed by atoms with Crippen molar-refractivity contribution >= 4 is 23.1 Å². The molecule has 1 amide bonds. The predicted octanol–water partition coefficient (Wildman–Crippen LogP) is 4.11. The normalized spacial score (nSPS) is 24.0. The van der Waals surface area contributed by atoms with Gasteiger partial charge in [-0.2, -0.15) is 0 Å². The molecule has 0 bridgehead atoms. The summed E-state index contributed by atoms with van der Waals surface area (Å²) in [5, 5.41) is 14.0. The van der Waals surface area contributed by atoms with E-state index >= 15 is 0 Å². The molecule has 7 nitrogen and oxygen atoms in total. The standard InChI is InChI=1S/C25H20FN3O4/c1-28-14-19(15-8-12-18(13-9-15)29(32)33)22(23(30)16-6-10-17(26)11-7-16)25(28)20-4-2-3-5-21(20)27-24(25)31/h2-13,19,22H,14H2,1H3,(H,27,31)/t19-,22+,25+/m1/s1. The molecule has 0 radical (unpaired) electrons. The Bertz CT molecular complexity index is 1280. The Hall–Kier alpha value is -3.91. The number of fused-ring (bicyclic) bond motifs is 2. The van der Waals surface area contributed by atoms with Crippen LogP contribution >= 0.6 is 0 Å². The first-order chi connectivity index (χ1) is 15.8. The van der Waals surface area contributed by atoms with Crippen LogP contribution in [0.4, 0.5) is 15.8 Å². The summed E-state index contributed by atoms with van der Waals surface area (Å²) in [4.78, 5) is 40.0. The van der Waals surface area contributed by atoms with Gasteiger partial charge in [0.1, 0.15) is 11.4 Å². The van der Waals surface area contributed by atoms with Crippen LogP contribution in [0.2, 0.25) is 0 Å². The van der Waals surface area contributed by atoms with Crippen LogP contribution in [0.15, 0.2) is 72.8 Å². The number of carbonyl (C=O) groups excluding carboxylic acids is 2. The largest absolute Gasteiger partial charge is 0.324 e. The Morgan fingerprint density at radius 2 is 1.76 bits per heavy atom. The lowest BCUT2D eigenvalue weighted by Gasteiger charge is -2.35. The number of nitro groups is 1. The van der Waals surface area contributed by atoms with Crippen LogP contribution in [0.1, 0.15) is 27.4 Å². The number of anilines is 1. The number of hydrogen-bond acceptors (Lipinski definition) is 5. The summed E-state index contributed by atoms with van der Waals surface area (Å²) in [6, 6.07) is 18.7. The number of carbonyl (C=O) groups is 2. The zero-order valence-electron chi connectivity index (χ0n) is 17.7. The van der Waals surface area contributed by atoms with Crippen LogP contribution in [0.25, 0.3) is 0 Å². The fourth-order valence-electron chi connectivity index (χ4n) is 5.33. The summed E-state index contributed by atoms with van der Waals surface area (Å²) in [5.41, 5.74) is 1.08. The second-order valence-electron chi connectivity index (χ2n) is 8.45. The Balaban J connectivity index is 1.69. The smallest absolute Gasteiger partial charge is 0.269 e. The number of rotatable bonds is 4. The second-order valence-corrected chi connectivity index (χ2v) is 8.45. The van der Waals surface area contributed by atoms with Gasteiger partial charge in [-0.1, -0.05) is 30.3 Å². The third-order valence-electron chi connectivity index (χ3n) is 6.80. The number of halogens is 1. The monoisotopic (exact) mass is 445 g/mol. The molecule has 8 heteroatoms. The van der Waals surface area contributed by atoms with Crippen molar-refractivity contribution in [3.8, 4) is 0 Å². The quantitative estimate of drug-likeness (QED) is 0.371. The average molecular weight is 445 g/mol. The number of likely N-dealkylation sites (tertiary alicyclic amines) is 1. The highest BCUT2D eigenvalue weighted by molar-refractivity contribution is 6.12. The van der Waals surface area contributed by atoms with Crippen molar-refractivity contribution in [3.05, 3.63) is 105 Å². The van der Waals surface area contributed by atoms with Crippen molar-refractivity contribution in [2.24, 2.45) is 5.92 Å². The SMILES string of the molecule is CN1C[C@H](c2ccc([N+](=O)[O-])cc2)[C@@H](C(=O)c2ccc(F)cc2)[C@@]12C(=O)Nc1ccccc12. The molecule has 3 aromatic carbocycles. The zero-order valence-corrected chi connectivity index (χ0v) is 17.7. The zero-order chi connectivity index (χ0) is 23.3. The minimum absolute atomic E-state index is 0.0508. The summed E-state index contributed by atoms with van der Waals surface area (Å²) >= 11 is 0. The predicted molar refractivity (Wildman–Crippen MR) is 119 cm³/mol. The molecule has 0 unspecified atom stereocenters. The molecule has 2 heterocycles. The first-order valence-electron chi connectivity index (χ1n) is 10.5. The van der Waals surface area contributed by atoms with Gasteiger partial charge in [-0.05, 0) is 42.9 Å². The van der Waals surface area contributed by atoms with Gasteiger partial charge in [0.25, 0.3) is 5.69 Å². The van der Waals surface area contributed by atoms with Gasteiger partial charge >= 0.3 is 0 Å². The lowest BCUT2D eigenvalue weighted by atomic mass is 9.70. The number of ketones is 1. The molecule has 2 aliphatic heterocycles. The fraction of sp³-hybridized carbons (Fsp3) is 0.200. The molecule has 1 N–H and O–H groups in total. The molecule has 0 saturated carbocycles. The molecule has 0 aromatic heterocycles. The van der Waals surface area contributed by atoms with Gasteiger partial charge in [0.15, 0.2) is 5.78 Å². The van der Waals surface area contributed by atoms with E-state index in [0.29, 0.717) is 23.4 Å². The van der Waals surface area contributed by atoms with Crippen LogP contribution < -0.4 is 5.32 Å². The number of nitrogens with zero attached hydrogens (tertiary/aromatic N) is 2. The van der Waals surface area contributed by atoms with E-state index in [-0.39, 0.29) is 17.4 Å². The summed E-state index contributed by atoms with van der Waals surface area (Å²) in [5.74, 6) is -2.27. The van der Waals surface area contributed by atoms with Crippen molar-refractivity contribution in [2.45, 2.75) is 11.5 Å². The highest BCUT2D eigenvalue weighted by atomic mass is 19.1. The number of hydrogen-bond donors (Lipinski definition) is 1. The number of non-ortho nitro benzene ring substituents is 1. The maximum absolute atomic E-state index is 13.9. The fourth-order valence-corrected chi connectivity index (χ4v) is 5.33. The number of amides is 1. The minimum atomic E-state index is -1.26. The summed E-state index contributed by atoms with van der Waals surface area (Å²) in [6.07, 6.45) is 0. The summed E-state index contributed by atoms with van der Waals surface area (Å²) in [7, 11) is 1.80. The van der Waals surface area contributed by atoms with Gasteiger partial charge in [-0.15, -0.1) is 0 Å². The molecule has 1 spiro atoms. The van der Waals surface area contributed by atoms with Crippen LogP contribution in [0, 0.1) is 21.8 Å². The third kappa shape index (κ3) is 3.06. The maximum Gasteiger partial charge on any atom is 0.269 e. The average Bonchev–Trinajstić information content (AvgIpc) is 3.29. The molecule has 1 saturated heterocycles. The Labute approximate surface area is 189 Å². The number of Topliss-reactive ketones (excluding diaryl/α,β-unsaturated/α-hetero) is 1. The summed E-state index contributed by atoms with van der Waals surface area (Å²) in [6.45, 7) is 0.386. The molecule has 33 heavy (non-hydrogen) atoms. The first kappa shape index (κ1) is 21.0. The van der Waals surface area contributed by atoms with E-state index in [0.717, 1.165) is 5.56 Å². The summed E-state index contributed by atoms with van der Waals surface area (Å²) < 4.78 is 13.5.